The van der Waals surface area contributed by atoms with Crippen LogP contribution in [0.1, 0.15) is 34.2 Å². The average Bonchev–Trinajstić information content (AvgIpc) is 3.51. The van der Waals surface area contributed by atoms with Gasteiger partial charge in [-0.3, -0.25) is 0 Å². The molecule has 5 nitrogen and oxygen atoms in total. The van der Waals surface area contributed by atoms with Crippen LogP contribution in [0.15, 0.2) is 145 Å². The van der Waals surface area contributed by atoms with E-state index < -0.39 is 0 Å². The Morgan fingerprint density at radius 2 is 1.43 bits per heavy atom. The number of fused-ring (bicyclic) bond motifs is 9. The first-order valence-electron chi connectivity index (χ1n) is 17.0. The lowest BCUT2D eigenvalue weighted by Crippen LogP contribution is -2.11. The van der Waals surface area contributed by atoms with Crippen LogP contribution in [0.3, 0.4) is 0 Å². The summed E-state index contributed by atoms with van der Waals surface area (Å²) in [5.41, 5.74) is 14.8. The van der Waals surface area contributed by atoms with Crippen LogP contribution in [0.2, 0.25) is 0 Å². The van der Waals surface area contributed by atoms with Gasteiger partial charge in [0.2, 0.25) is 0 Å². The van der Waals surface area contributed by atoms with E-state index in [4.69, 9.17) is 0 Å². The van der Waals surface area contributed by atoms with Crippen molar-refractivity contribution in [2.75, 3.05) is 5.32 Å². The number of anilines is 1. The fourth-order valence-corrected chi connectivity index (χ4v) is 7.76. The molecule has 1 atom stereocenters. The fraction of sp³-hybridized carbons (Fsp3) is 0.0652. The van der Waals surface area contributed by atoms with Gasteiger partial charge in [0.1, 0.15) is 6.07 Å². The van der Waals surface area contributed by atoms with Gasteiger partial charge in [-0.15, -0.1) is 0 Å². The Kier molecular flexibility index (Phi) is 7.10. The third-order valence-corrected chi connectivity index (χ3v) is 10.2. The highest BCUT2D eigenvalue weighted by atomic mass is 15.0. The average molecular weight is 652 g/mol. The predicted molar refractivity (Wildman–Crippen MR) is 204 cm³/mol. The van der Waals surface area contributed by atoms with Gasteiger partial charge in [0.05, 0.1) is 45.9 Å². The van der Waals surface area contributed by atoms with Crippen LogP contribution >= 0.6 is 0 Å². The van der Waals surface area contributed by atoms with Gasteiger partial charge in [0, 0.05) is 27.7 Å². The molecule has 1 unspecified atom stereocenters. The molecule has 0 fully saturated rings. The van der Waals surface area contributed by atoms with Gasteiger partial charge < -0.3 is 9.88 Å². The maximum Gasteiger partial charge on any atom is 0.101 e. The monoisotopic (exact) mass is 651 g/mol. The Morgan fingerprint density at radius 1 is 0.647 bits per heavy atom. The van der Waals surface area contributed by atoms with E-state index in [1.807, 2.05) is 54.6 Å². The molecule has 9 rings (SSSR count). The Morgan fingerprint density at radius 3 is 2.27 bits per heavy atom. The van der Waals surface area contributed by atoms with Crippen LogP contribution in [0.25, 0.3) is 55.3 Å². The van der Waals surface area contributed by atoms with Crippen LogP contribution in [0, 0.1) is 39.9 Å². The zero-order valence-electron chi connectivity index (χ0n) is 27.6. The molecule has 0 saturated carbocycles. The maximum absolute atomic E-state index is 10.3. The zero-order chi connectivity index (χ0) is 34.5. The van der Waals surface area contributed by atoms with Crippen LogP contribution in [-0.2, 0) is 6.42 Å². The van der Waals surface area contributed by atoms with Crippen molar-refractivity contribution in [1.82, 2.24) is 4.57 Å². The van der Waals surface area contributed by atoms with Gasteiger partial charge in [-0.1, -0.05) is 84.9 Å². The van der Waals surface area contributed by atoms with Crippen molar-refractivity contribution in [2.24, 2.45) is 5.92 Å². The van der Waals surface area contributed by atoms with Crippen LogP contribution in [-0.4, -0.2) is 4.57 Å². The molecule has 5 heteroatoms. The van der Waals surface area contributed by atoms with E-state index >= 15 is 0 Å². The van der Waals surface area contributed by atoms with E-state index in [1.54, 1.807) is 0 Å². The standard InChI is InChI=1S/C46H29N5/c47-26-29-12-18-43-41(23-29)38-8-2-1-6-33(38)20-31-21-35(25-36(22-31)39-10-5-7-34(28-49)46(39)50-43)32-14-16-37(17-15-32)51-44-11-4-3-9-40(44)42-24-30(27-48)13-19-45(42)51/h1-19,21-22,24-25,29,50H,20,23H2. The Labute approximate surface area is 295 Å². The lowest BCUT2D eigenvalue weighted by molar-refractivity contribution is 0.843. The molecular formula is C46H29N5. The first-order valence-corrected chi connectivity index (χ1v) is 17.0. The molecule has 1 N–H and O–H groups in total. The van der Waals surface area contributed by atoms with Crippen molar-refractivity contribution >= 4 is 33.1 Å². The number of nitriles is 3. The molecule has 2 heterocycles. The second kappa shape index (κ2) is 12.1. The Balaban J connectivity index is 1.20. The summed E-state index contributed by atoms with van der Waals surface area (Å²) in [6.07, 6.45) is 5.26. The highest BCUT2D eigenvalue weighted by molar-refractivity contribution is 6.09. The number of nitrogens with zero attached hydrogens (tertiary/aromatic N) is 4. The molecule has 6 aromatic carbocycles. The first kappa shape index (κ1) is 30.0. The summed E-state index contributed by atoms with van der Waals surface area (Å²) in [5.74, 6) is -0.220. The Bertz CT molecular complexity index is 2760. The Hall–Kier alpha value is -7.13. The van der Waals surface area contributed by atoms with E-state index in [9.17, 15) is 15.8 Å². The van der Waals surface area contributed by atoms with Crippen molar-refractivity contribution in [3.8, 4) is 46.1 Å². The summed E-state index contributed by atoms with van der Waals surface area (Å²) in [5, 5.41) is 35.5. The summed E-state index contributed by atoms with van der Waals surface area (Å²) in [6, 6.07) is 51.1. The first-order chi connectivity index (χ1) is 25.1. The predicted octanol–water partition coefficient (Wildman–Crippen LogP) is 10.7. The minimum absolute atomic E-state index is 0.220. The van der Waals surface area contributed by atoms with Crippen molar-refractivity contribution < 1.29 is 0 Å². The third-order valence-electron chi connectivity index (χ3n) is 10.2. The molecule has 1 aliphatic heterocycles. The molecule has 0 saturated heterocycles. The van der Waals surface area contributed by atoms with Gasteiger partial charge in [-0.05, 0) is 106 Å². The van der Waals surface area contributed by atoms with Crippen molar-refractivity contribution in [2.45, 2.75) is 12.8 Å². The second-order valence-corrected chi connectivity index (χ2v) is 13.2. The van der Waals surface area contributed by atoms with E-state index in [-0.39, 0.29) is 5.92 Å². The number of allylic oxidation sites excluding steroid dienone is 3. The number of benzene rings is 6. The third kappa shape index (κ3) is 5.07. The summed E-state index contributed by atoms with van der Waals surface area (Å²) < 4.78 is 2.26. The fourth-order valence-electron chi connectivity index (χ4n) is 7.76. The molecule has 1 aromatic heterocycles. The van der Waals surface area contributed by atoms with E-state index in [0.717, 1.165) is 77.8 Å². The lowest BCUT2D eigenvalue weighted by atomic mass is 9.85. The number of rotatable bonds is 2. The minimum atomic E-state index is -0.220. The number of aromatic nitrogens is 1. The van der Waals surface area contributed by atoms with E-state index in [0.29, 0.717) is 24.0 Å². The number of nitrogens with one attached hydrogen (secondary N) is 1. The SMILES string of the molecule is N#Cc1ccc2c(c1)c1ccccc1n2-c1ccc(-c2cc3cc(c2)-c2cccc(C#N)c2NC2=C(CC(C#N)C=C2)c2ccccc2C3)cc1. The summed E-state index contributed by atoms with van der Waals surface area (Å²) in [7, 11) is 0. The molecule has 238 valence electrons. The highest BCUT2D eigenvalue weighted by Crippen LogP contribution is 2.41. The van der Waals surface area contributed by atoms with E-state index in [1.165, 1.54) is 5.56 Å². The van der Waals surface area contributed by atoms with Gasteiger partial charge in [0.15, 0.2) is 0 Å². The van der Waals surface area contributed by atoms with Crippen molar-refractivity contribution in [3.05, 3.63) is 173 Å². The lowest BCUT2D eigenvalue weighted by Gasteiger charge is -2.23. The quantitative estimate of drug-likeness (QED) is 0.201. The topological polar surface area (TPSA) is 88.3 Å². The van der Waals surface area contributed by atoms with Crippen LogP contribution in [0.5, 0.6) is 0 Å². The van der Waals surface area contributed by atoms with Crippen molar-refractivity contribution in [3.63, 3.8) is 0 Å². The second-order valence-electron chi connectivity index (χ2n) is 13.2. The zero-order valence-corrected chi connectivity index (χ0v) is 27.6. The summed E-state index contributed by atoms with van der Waals surface area (Å²) >= 11 is 0. The molecule has 0 radical (unpaired) electrons. The number of hydrogen-bond donors (Lipinski definition) is 1. The van der Waals surface area contributed by atoms with Gasteiger partial charge >= 0.3 is 0 Å². The number of para-hydroxylation sites is 2. The van der Waals surface area contributed by atoms with Crippen LogP contribution in [0.4, 0.5) is 5.69 Å². The molecule has 1 aliphatic carbocycles. The largest absolute Gasteiger partial charge is 0.354 e. The van der Waals surface area contributed by atoms with Crippen LogP contribution < -0.4 is 5.32 Å². The molecule has 7 aromatic rings. The highest BCUT2D eigenvalue weighted by Gasteiger charge is 2.23. The molecular weight excluding hydrogens is 623 g/mol. The van der Waals surface area contributed by atoms with Gasteiger partial charge in [-0.2, -0.15) is 15.8 Å². The molecule has 0 spiro atoms. The molecule has 51 heavy (non-hydrogen) atoms. The van der Waals surface area contributed by atoms with E-state index in [2.05, 4.69) is 113 Å². The summed E-state index contributed by atoms with van der Waals surface area (Å²) in [4.78, 5) is 0. The van der Waals surface area contributed by atoms with Gasteiger partial charge in [0.25, 0.3) is 0 Å². The minimum Gasteiger partial charge on any atom is -0.354 e. The molecule has 2 bridgehead atoms. The van der Waals surface area contributed by atoms with Gasteiger partial charge in [-0.25, -0.2) is 0 Å². The molecule has 2 aliphatic rings. The smallest absolute Gasteiger partial charge is 0.101 e. The van der Waals surface area contributed by atoms with Crippen molar-refractivity contribution in [1.29, 1.82) is 15.8 Å². The molecule has 0 amide bonds. The normalized spacial score (nSPS) is 14.6. The number of hydrogen-bond acceptors (Lipinski definition) is 4. The summed E-state index contributed by atoms with van der Waals surface area (Å²) in [6.45, 7) is 0. The maximum atomic E-state index is 10.3.